The summed E-state index contributed by atoms with van der Waals surface area (Å²) in [6, 6.07) is 9.16. The number of nitrogens with one attached hydrogen (secondary N) is 1. The summed E-state index contributed by atoms with van der Waals surface area (Å²) in [7, 11) is 0. The number of benzene rings is 1. The van der Waals surface area contributed by atoms with Crippen molar-refractivity contribution in [3.63, 3.8) is 0 Å². The summed E-state index contributed by atoms with van der Waals surface area (Å²) in [4.78, 5) is 12.1. The third-order valence-electron chi connectivity index (χ3n) is 3.03. The van der Waals surface area contributed by atoms with Crippen molar-refractivity contribution >= 4 is 11.6 Å². The van der Waals surface area contributed by atoms with E-state index in [-0.39, 0.29) is 11.9 Å². The number of carbonyl (C=O) groups excluding carboxylic acids is 1. The summed E-state index contributed by atoms with van der Waals surface area (Å²) in [6.45, 7) is 3.82. The van der Waals surface area contributed by atoms with Crippen molar-refractivity contribution in [2.45, 2.75) is 26.3 Å². The lowest BCUT2D eigenvalue weighted by Crippen LogP contribution is -2.34. The number of anilines is 1. The molecule has 0 aliphatic rings. The number of aryl methyl sites for hydroxylation is 1. The number of rotatable bonds is 4. The van der Waals surface area contributed by atoms with Gasteiger partial charge in [-0.05, 0) is 37.6 Å². The Morgan fingerprint density at radius 2 is 2.16 bits per heavy atom. The molecule has 1 amide bonds. The van der Waals surface area contributed by atoms with Gasteiger partial charge in [0.1, 0.15) is 5.76 Å². The molecule has 1 unspecified atom stereocenters. The highest BCUT2D eigenvalue weighted by atomic mass is 16.3. The lowest BCUT2D eigenvalue weighted by Gasteiger charge is -2.14. The Kier molecular flexibility index (Phi) is 3.90. The zero-order valence-corrected chi connectivity index (χ0v) is 11.1. The first-order valence-corrected chi connectivity index (χ1v) is 6.26. The normalized spacial score (nSPS) is 12.1. The van der Waals surface area contributed by atoms with Crippen LogP contribution in [0.3, 0.4) is 0 Å². The highest BCUT2D eigenvalue weighted by Gasteiger charge is 2.14. The quantitative estimate of drug-likeness (QED) is 0.828. The van der Waals surface area contributed by atoms with Crippen LogP contribution in [0.25, 0.3) is 0 Å². The van der Waals surface area contributed by atoms with Crippen molar-refractivity contribution < 1.29 is 9.21 Å². The van der Waals surface area contributed by atoms with E-state index in [1.807, 2.05) is 38.1 Å². The first kappa shape index (κ1) is 13.2. The number of carbonyl (C=O) groups is 1. The molecule has 4 nitrogen and oxygen atoms in total. The molecular weight excluding hydrogens is 240 g/mol. The Morgan fingerprint density at radius 1 is 1.37 bits per heavy atom. The van der Waals surface area contributed by atoms with Crippen LogP contribution in [0.5, 0.6) is 0 Å². The number of hydrogen-bond donors (Lipinski definition) is 2. The van der Waals surface area contributed by atoms with Crippen LogP contribution in [0.2, 0.25) is 0 Å². The Labute approximate surface area is 112 Å². The van der Waals surface area contributed by atoms with Crippen LogP contribution in [0.15, 0.2) is 41.0 Å². The van der Waals surface area contributed by atoms with Gasteiger partial charge >= 0.3 is 0 Å². The fraction of sp³-hybridized carbons (Fsp3) is 0.267. The van der Waals surface area contributed by atoms with Crippen LogP contribution >= 0.6 is 0 Å². The van der Waals surface area contributed by atoms with Gasteiger partial charge in [0.15, 0.2) is 0 Å². The van der Waals surface area contributed by atoms with Crippen LogP contribution in [0.4, 0.5) is 5.69 Å². The van der Waals surface area contributed by atoms with Crippen LogP contribution in [-0.4, -0.2) is 11.9 Å². The highest BCUT2D eigenvalue weighted by Crippen LogP contribution is 2.16. The summed E-state index contributed by atoms with van der Waals surface area (Å²) in [5.74, 6) is 0.699. The van der Waals surface area contributed by atoms with Crippen molar-refractivity contribution in [3.8, 4) is 0 Å². The monoisotopic (exact) mass is 258 g/mol. The predicted octanol–water partition coefficient (Wildman–Crippen LogP) is 2.53. The first-order chi connectivity index (χ1) is 9.08. The molecule has 19 heavy (non-hydrogen) atoms. The maximum Gasteiger partial charge on any atom is 0.253 e. The number of furan rings is 1. The fourth-order valence-electron chi connectivity index (χ4n) is 1.96. The van der Waals surface area contributed by atoms with E-state index in [9.17, 15) is 4.79 Å². The minimum atomic E-state index is -0.153. The molecule has 0 bridgehead atoms. The summed E-state index contributed by atoms with van der Waals surface area (Å²) in [5.41, 5.74) is 7.88. The van der Waals surface area contributed by atoms with Crippen LogP contribution < -0.4 is 11.1 Å². The second-order valence-corrected chi connectivity index (χ2v) is 4.69. The SMILES string of the molecule is Cc1cccc(C(=O)NC(C)Cc2ccco2)c1N. The molecule has 0 fully saturated rings. The maximum atomic E-state index is 12.1. The van der Waals surface area contributed by atoms with E-state index in [0.29, 0.717) is 17.7 Å². The molecular formula is C15H18N2O2. The molecule has 0 spiro atoms. The second kappa shape index (κ2) is 5.61. The Hall–Kier alpha value is -2.23. The summed E-state index contributed by atoms with van der Waals surface area (Å²) < 4.78 is 5.26. The van der Waals surface area contributed by atoms with Crippen molar-refractivity contribution in [1.82, 2.24) is 5.32 Å². The average molecular weight is 258 g/mol. The molecule has 0 radical (unpaired) electrons. The molecule has 1 atom stereocenters. The number of hydrogen-bond acceptors (Lipinski definition) is 3. The second-order valence-electron chi connectivity index (χ2n) is 4.69. The van der Waals surface area contributed by atoms with Crippen LogP contribution in [0, 0.1) is 6.92 Å². The van der Waals surface area contributed by atoms with E-state index < -0.39 is 0 Å². The van der Waals surface area contributed by atoms with E-state index >= 15 is 0 Å². The Bertz CT molecular complexity index is 562. The lowest BCUT2D eigenvalue weighted by molar-refractivity contribution is 0.0940. The standard InChI is InChI=1S/C15H18N2O2/c1-10-5-3-7-13(14(10)16)15(18)17-11(2)9-12-6-4-8-19-12/h3-8,11H,9,16H2,1-2H3,(H,17,18). The smallest absolute Gasteiger partial charge is 0.253 e. The molecule has 0 saturated carbocycles. The Balaban J connectivity index is 2.02. The number of nitrogen functional groups attached to an aromatic ring is 1. The van der Waals surface area contributed by atoms with E-state index in [0.717, 1.165) is 11.3 Å². The molecule has 0 aliphatic carbocycles. The molecule has 2 aromatic rings. The number of nitrogens with two attached hydrogens (primary N) is 1. The van der Waals surface area contributed by atoms with E-state index in [2.05, 4.69) is 5.32 Å². The van der Waals surface area contributed by atoms with Gasteiger partial charge in [-0.1, -0.05) is 12.1 Å². The van der Waals surface area contributed by atoms with Gasteiger partial charge in [-0.3, -0.25) is 4.79 Å². The van der Waals surface area contributed by atoms with Crippen LogP contribution in [0.1, 0.15) is 28.6 Å². The molecule has 1 aromatic heterocycles. The van der Waals surface area contributed by atoms with Crippen molar-refractivity contribution in [1.29, 1.82) is 0 Å². The third kappa shape index (κ3) is 3.16. The van der Waals surface area contributed by atoms with Gasteiger partial charge in [0.25, 0.3) is 5.91 Å². The highest BCUT2D eigenvalue weighted by molar-refractivity contribution is 5.99. The van der Waals surface area contributed by atoms with Gasteiger partial charge in [-0.2, -0.15) is 0 Å². The summed E-state index contributed by atoms with van der Waals surface area (Å²) in [6.07, 6.45) is 2.28. The van der Waals surface area contributed by atoms with Crippen molar-refractivity contribution in [2.24, 2.45) is 0 Å². The van der Waals surface area contributed by atoms with E-state index in [1.165, 1.54) is 0 Å². The number of amides is 1. The topological polar surface area (TPSA) is 68.3 Å². The third-order valence-corrected chi connectivity index (χ3v) is 3.03. The minimum absolute atomic E-state index is 0.0152. The average Bonchev–Trinajstić information content (AvgIpc) is 2.85. The molecule has 0 saturated heterocycles. The Morgan fingerprint density at radius 3 is 2.84 bits per heavy atom. The molecule has 1 heterocycles. The molecule has 3 N–H and O–H groups in total. The van der Waals surface area contributed by atoms with Gasteiger partial charge < -0.3 is 15.5 Å². The van der Waals surface area contributed by atoms with Gasteiger partial charge in [-0.25, -0.2) is 0 Å². The largest absolute Gasteiger partial charge is 0.469 e. The molecule has 2 rings (SSSR count). The van der Waals surface area contributed by atoms with Crippen molar-refractivity contribution in [2.75, 3.05) is 5.73 Å². The molecule has 0 aliphatic heterocycles. The van der Waals surface area contributed by atoms with E-state index in [4.69, 9.17) is 10.2 Å². The van der Waals surface area contributed by atoms with E-state index in [1.54, 1.807) is 12.3 Å². The molecule has 100 valence electrons. The zero-order chi connectivity index (χ0) is 13.8. The molecule has 1 aromatic carbocycles. The summed E-state index contributed by atoms with van der Waals surface area (Å²) >= 11 is 0. The van der Waals surface area contributed by atoms with Gasteiger partial charge in [-0.15, -0.1) is 0 Å². The fourth-order valence-corrected chi connectivity index (χ4v) is 1.96. The lowest BCUT2D eigenvalue weighted by atomic mass is 10.1. The minimum Gasteiger partial charge on any atom is -0.469 e. The summed E-state index contributed by atoms with van der Waals surface area (Å²) in [5, 5.41) is 2.92. The maximum absolute atomic E-state index is 12.1. The predicted molar refractivity (Wildman–Crippen MR) is 74.9 cm³/mol. The van der Waals surface area contributed by atoms with Crippen LogP contribution in [-0.2, 0) is 6.42 Å². The first-order valence-electron chi connectivity index (χ1n) is 6.26. The molecule has 4 heteroatoms. The number of para-hydroxylation sites is 1. The van der Waals surface area contributed by atoms with Gasteiger partial charge in [0.2, 0.25) is 0 Å². The zero-order valence-electron chi connectivity index (χ0n) is 11.1. The van der Waals surface area contributed by atoms with Crippen molar-refractivity contribution in [3.05, 3.63) is 53.5 Å². The van der Waals surface area contributed by atoms with Gasteiger partial charge in [0.05, 0.1) is 11.8 Å². The van der Waals surface area contributed by atoms with Gasteiger partial charge in [0, 0.05) is 18.2 Å².